The van der Waals surface area contributed by atoms with E-state index in [1.165, 1.54) is 11.3 Å². The topological polar surface area (TPSA) is 78.2 Å². The molecule has 0 unspecified atom stereocenters. The lowest BCUT2D eigenvalue weighted by atomic mass is 10.2. The maximum absolute atomic E-state index is 8.81. The molecule has 0 aliphatic rings. The molecule has 3 aromatic rings. The summed E-state index contributed by atoms with van der Waals surface area (Å²) in [5, 5.41) is 16.4. The van der Waals surface area contributed by atoms with Crippen LogP contribution >= 0.6 is 22.9 Å². The normalized spacial score (nSPS) is 10.6. The third-order valence-corrected chi connectivity index (χ3v) is 3.40. The van der Waals surface area contributed by atoms with Gasteiger partial charge in [-0.05, 0) is 23.7 Å². The first-order chi connectivity index (χ1) is 8.28. The number of hydrogen-bond acceptors (Lipinski definition) is 5. The number of fused-ring (bicyclic) bond motifs is 1. The van der Waals surface area contributed by atoms with Crippen molar-refractivity contribution in [2.45, 2.75) is 0 Å². The van der Waals surface area contributed by atoms with Gasteiger partial charge in [0.1, 0.15) is 10.9 Å². The van der Waals surface area contributed by atoms with Crippen LogP contribution in [0.4, 0.5) is 0 Å². The highest BCUT2D eigenvalue weighted by molar-refractivity contribution is 7.16. The lowest BCUT2D eigenvalue weighted by molar-refractivity contribution is 1.09. The third kappa shape index (κ3) is 1.65. The summed E-state index contributed by atoms with van der Waals surface area (Å²) < 4.78 is 0. The molecule has 3 aromatic heterocycles. The van der Waals surface area contributed by atoms with Crippen LogP contribution in [0.5, 0.6) is 0 Å². The Hall–Kier alpha value is -1.97. The number of H-pyrrole nitrogens is 1. The molecule has 0 amide bonds. The van der Waals surface area contributed by atoms with Gasteiger partial charge in [-0.15, -0.1) is 11.3 Å². The van der Waals surface area contributed by atoms with Gasteiger partial charge in [0.05, 0.1) is 22.2 Å². The molecule has 3 rings (SSSR count). The van der Waals surface area contributed by atoms with Crippen LogP contribution in [0.3, 0.4) is 0 Å². The largest absolute Gasteiger partial charge is 0.261 e. The molecule has 0 saturated carbocycles. The SMILES string of the molecule is N#Cc1ccc(-c2nc(Cl)nc3[nH]ncc23)s1. The Morgan fingerprint density at radius 3 is 3.00 bits per heavy atom. The highest BCUT2D eigenvalue weighted by atomic mass is 35.5. The molecule has 17 heavy (non-hydrogen) atoms. The molecule has 0 saturated heterocycles. The highest BCUT2D eigenvalue weighted by Crippen LogP contribution is 2.31. The summed E-state index contributed by atoms with van der Waals surface area (Å²) in [6, 6.07) is 5.69. The Balaban J connectivity index is 2.29. The molecule has 0 spiro atoms. The monoisotopic (exact) mass is 261 g/mol. The maximum Gasteiger partial charge on any atom is 0.225 e. The molecule has 0 aliphatic carbocycles. The molecule has 82 valence electrons. The molecule has 5 nitrogen and oxygen atoms in total. The van der Waals surface area contributed by atoms with Gasteiger partial charge in [-0.2, -0.15) is 15.3 Å². The van der Waals surface area contributed by atoms with Crippen LogP contribution in [0.25, 0.3) is 21.6 Å². The molecular formula is C10H4ClN5S. The fraction of sp³-hybridized carbons (Fsp3) is 0. The van der Waals surface area contributed by atoms with Crippen molar-refractivity contribution < 1.29 is 0 Å². The van der Waals surface area contributed by atoms with Gasteiger partial charge >= 0.3 is 0 Å². The van der Waals surface area contributed by atoms with Crippen LogP contribution in [-0.2, 0) is 0 Å². The first-order valence-electron chi connectivity index (χ1n) is 4.65. The summed E-state index contributed by atoms with van der Waals surface area (Å²) >= 11 is 7.20. The van der Waals surface area contributed by atoms with Gasteiger partial charge in [0.2, 0.25) is 5.28 Å². The predicted octanol–water partition coefficient (Wildman–Crippen LogP) is 2.61. The van der Waals surface area contributed by atoms with E-state index >= 15 is 0 Å². The fourth-order valence-corrected chi connectivity index (χ4v) is 2.50. The fourth-order valence-electron chi connectivity index (χ4n) is 1.52. The summed E-state index contributed by atoms with van der Waals surface area (Å²) in [7, 11) is 0. The van der Waals surface area contributed by atoms with E-state index in [4.69, 9.17) is 16.9 Å². The van der Waals surface area contributed by atoms with Gasteiger partial charge in [-0.1, -0.05) is 0 Å². The first kappa shape index (κ1) is 10.2. The number of aromatic amines is 1. The van der Waals surface area contributed by atoms with Gasteiger partial charge in [0.15, 0.2) is 5.65 Å². The minimum Gasteiger partial charge on any atom is -0.261 e. The Kier molecular flexibility index (Phi) is 2.28. The highest BCUT2D eigenvalue weighted by Gasteiger charge is 2.12. The molecule has 7 heteroatoms. The first-order valence-corrected chi connectivity index (χ1v) is 5.84. The van der Waals surface area contributed by atoms with Gasteiger partial charge in [-0.25, -0.2) is 4.98 Å². The van der Waals surface area contributed by atoms with E-state index < -0.39 is 0 Å². The smallest absolute Gasteiger partial charge is 0.225 e. The number of nitrogens with one attached hydrogen (secondary N) is 1. The van der Waals surface area contributed by atoms with Crippen molar-refractivity contribution in [3.8, 4) is 16.6 Å². The van der Waals surface area contributed by atoms with E-state index in [-0.39, 0.29) is 5.28 Å². The average Bonchev–Trinajstić information content (AvgIpc) is 2.95. The average molecular weight is 262 g/mol. The number of nitrogens with zero attached hydrogens (tertiary/aromatic N) is 4. The molecule has 0 aromatic carbocycles. The van der Waals surface area contributed by atoms with E-state index in [0.717, 1.165) is 10.3 Å². The van der Waals surface area contributed by atoms with E-state index in [2.05, 4.69) is 26.2 Å². The number of rotatable bonds is 1. The van der Waals surface area contributed by atoms with E-state index in [1.54, 1.807) is 12.3 Å². The molecule has 0 fully saturated rings. The van der Waals surface area contributed by atoms with Crippen molar-refractivity contribution in [2.24, 2.45) is 0 Å². The number of nitriles is 1. The van der Waals surface area contributed by atoms with E-state index in [1.807, 2.05) is 6.07 Å². The lowest BCUT2D eigenvalue weighted by Crippen LogP contribution is -1.87. The van der Waals surface area contributed by atoms with Crippen LogP contribution in [0.2, 0.25) is 5.28 Å². The Morgan fingerprint density at radius 2 is 2.24 bits per heavy atom. The third-order valence-electron chi connectivity index (χ3n) is 2.23. The van der Waals surface area contributed by atoms with Crippen molar-refractivity contribution in [3.05, 3.63) is 28.5 Å². The number of thiophene rings is 1. The van der Waals surface area contributed by atoms with Crippen LogP contribution in [0.15, 0.2) is 18.3 Å². The molecule has 0 bridgehead atoms. The van der Waals surface area contributed by atoms with Gasteiger partial charge in [0.25, 0.3) is 0 Å². The summed E-state index contributed by atoms with van der Waals surface area (Å²) in [5.41, 5.74) is 1.28. The predicted molar refractivity (Wildman–Crippen MR) is 64.7 cm³/mol. The molecule has 3 heterocycles. The quantitative estimate of drug-likeness (QED) is 0.683. The number of halogens is 1. The van der Waals surface area contributed by atoms with Gasteiger partial charge in [-0.3, -0.25) is 5.10 Å². The van der Waals surface area contributed by atoms with Crippen LogP contribution in [0.1, 0.15) is 4.88 Å². The Morgan fingerprint density at radius 1 is 1.35 bits per heavy atom. The molecule has 0 aliphatic heterocycles. The second kappa shape index (κ2) is 3.80. The van der Waals surface area contributed by atoms with Crippen molar-refractivity contribution in [2.75, 3.05) is 0 Å². The lowest BCUT2D eigenvalue weighted by Gasteiger charge is -1.98. The number of aromatic nitrogens is 4. The zero-order chi connectivity index (χ0) is 11.8. The standard InChI is InChI=1S/C10H4ClN5S/c11-10-14-8(6-4-13-16-9(6)15-10)7-2-1-5(3-12)17-7/h1-2,4H,(H,13,14,15,16). The van der Waals surface area contributed by atoms with Crippen LogP contribution < -0.4 is 0 Å². The maximum atomic E-state index is 8.81. The van der Waals surface area contributed by atoms with Crippen LogP contribution in [-0.4, -0.2) is 20.2 Å². The zero-order valence-electron chi connectivity index (χ0n) is 8.31. The molecule has 0 radical (unpaired) electrons. The second-order valence-electron chi connectivity index (χ2n) is 3.25. The molecule has 1 N–H and O–H groups in total. The summed E-state index contributed by atoms with van der Waals surface area (Å²) in [4.78, 5) is 9.71. The Bertz CT molecular complexity index is 739. The minimum atomic E-state index is 0.156. The Labute approximate surface area is 105 Å². The van der Waals surface area contributed by atoms with E-state index in [0.29, 0.717) is 16.2 Å². The minimum absolute atomic E-state index is 0.156. The zero-order valence-corrected chi connectivity index (χ0v) is 9.88. The van der Waals surface area contributed by atoms with Crippen LogP contribution in [0, 0.1) is 11.3 Å². The second-order valence-corrected chi connectivity index (χ2v) is 4.67. The summed E-state index contributed by atoms with van der Waals surface area (Å²) in [6.07, 6.45) is 1.65. The molecular weight excluding hydrogens is 258 g/mol. The molecule has 0 atom stereocenters. The summed E-state index contributed by atoms with van der Waals surface area (Å²) in [5.74, 6) is 0. The summed E-state index contributed by atoms with van der Waals surface area (Å²) in [6.45, 7) is 0. The van der Waals surface area contributed by atoms with Crippen molar-refractivity contribution in [1.29, 1.82) is 5.26 Å². The van der Waals surface area contributed by atoms with Gasteiger partial charge < -0.3 is 0 Å². The van der Waals surface area contributed by atoms with E-state index in [9.17, 15) is 0 Å². The van der Waals surface area contributed by atoms with Crippen molar-refractivity contribution >= 4 is 34.0 Å². The van der Waals surface area contributed by atoms with Crippen molar-refractivity contribution in [1.82, 2.24) is 20.2 Å². The van der Waals surface area contributed by atoms with Crippen molar-refractivity contribution in [3.63, 3.8) is 0 Å². The number of hydrogen-bond donors (Lipinski definition) is 1. The van der Waals surface area contributed by atoms with Gasteiger partial charge in [0, 0.05) is 0 Å².